The van der Waals surface area contributed by atoms with Gasteiger partial charge in [0.2, 0.25) is 5.91 Å². The second-order valence-corrected chi connectivity index (χ2v) is 5.33. The van der Waals surface area contributed by atoms with Gasteiger partial charge in [-0.3, -0.25) is 9.59 Å². The number of halogens is 2. The van der Waals surface area contributed by atoms with E-state index in [1.807, 2.05) is 0 Å². The number of aliphatic hydroxyl groups is 1. The highest BCUT2D eigenvalue weighted by molar-refractivity contribution is 5.96. The van der Waals surface area contributed by atoms with Crippen molar-refractivity contribution in [1.82, 2.24) is 10.6 Å². The van der Waals surface area contributed by atoms with Crippen molar-refractivity contribution < 1.29 is 23.5 Å². The van der Waals surface area contributed by atoms with Crippen LogP contribution in [0.5, 0.6) is 0 Å². The van der Waals surface area contributed by atoms with Crippen molar-refractivity contribution in [2.24, 2.45) is 5.92 Å². The predicted octanol–water partition coefficient (Wildman–Crippen LogP) is 0.972. The normalized spacial score (nSPS) is 15.2. The van der Waals surface area contributed by atoms with Gasteiger partial charge in [0.05, 0.1) is 12.1 Å². The van der Waals surface area contributed by atoms with Crippen molar-refractivity contribution in [2.45, 2.75) is 25.3 Å². The van der Waals surface area contributed by atoms with Crippen molar-refractivity contribution in [3.05, 3.63) is 35.4 Å². The lowest BCUT2D eigenvalue weighted by atomic mass is 10.1. The first-order valence-corrected chi connectivity index (χ1v) is 7.14. The molecule has 1 aliphatic rings. The summed E-state index contributed by atoms with van der Waals surface area (Å²) in [5, 5.41) is 14.0. The highest BCUT2D eigenvalue weighted by Gasteiger charge is 2.31. The van der Waals surface area contributed by atoms with Crippen LogP contribution in [0.2, 0.25) is 0 Å². The molecule has 1 saturated carbocycles. The molecule has 0 bridgehead atoms. The molecule has 0 aliphatic heterocycles. The Hall–Kier alpha value is -2.02. The van der Waals surface area contributed by atoms with E-state index in [4.69, 9.17) is 5.11 Å². The van der Waals surface area contributed by atoms with E-state index < -0.39 is 23.4 Å². The molecule has 120 valence electrons. The first kappa shape index (κ1) is 16.4. The number of carbonyl (C=O) groups excluding carboxylic acids is 2. The van der Waals surface area contributed by atoms with Gasteiger partial charge >= 0.3 is 0 Å². The topological polar surface area (TPSA) is 78.4 Å². The Bertz CT molecular complexity index is 562. The van der Waals surface area contributed by atoms with Gasteiger partial charge in [-0.05, 0) is 37.3 Å². The fourth-order valence-corrected chi connectivity index (χ4v) is 2.25. The Balaban J connectivity index is 1.83. The third kappa shape index (κ3) is 4.49. The molecule has 2 amide bonds. The van der Waals surface area contributed by atoms with Crippen molar-refractivity contribution >= 4 is 11.8 Å². The van der Waals surface area contributed by atoms with Crippen LogP contribution in [0.25, 0.3) is 0 Å². The average molecular weight is 312 g/mol. The maximum atomic E-state index is 13.4. The molecule has 3 N–H and O–H groups in total. The maximum Gasteiger partial charge on any atom is 0.254 e. The summed E-state index contributed by atoms with van der Waals surface area (Å²) in [6.45, 7) is -0.321. The number of benzene rings is 1. The molecule has 1 unspecified atom stereocenters. The lowest BCUT2D eigenvalue weighted by molar-refractivity contribution is -0.121. The quantitative estimate of drug-likeness (QED) is 0.702. The van der Waals surface area contributed by atoms with Crippen molar-refractivity contribution in [1.29, 1.82) is 0 Å². The van der Waals surface area contributed by atoms with Crippen LogP contribution in [0.15, 0.2) is 18.2 Å². The minimum atomic E-state index is -0.978. The SMILES string of the molecule is O=C(CNC(=O)c1ccc(F)cc1F)NC(CCO)C1CC1. The van der Waals surface area contributed by atoms with Gasteiger partial charge in [-0.2, -0.15) is 0 Å². The van der Waals surface area contributed by atoms with Crippen LogP contribution in [0.4, 0.5) is 8.78 Å². The largest absolute Gasteiger partial charge is 0.396 e. The number of rotatable bonds is 7. The van der Waals surface area contributed by atoms with E-state index >= 15 is 0 Å². The first-order valence-electron chi connectivity index (χ1n) is 7.14. The smallest absolute Gasteiger partial charge is 0.254 e. The second-order valence-electron chi connectivity index (χ2n) is 5.33. The molecule has 0 saturated heterocycles. The van der Waals surface area contributed by atoms with Gasteiger partial charge in [-0.1, -0.05) is 0 Å². The van der Waals surface area contributed by atoms with Gasteiger partial charge in [0.25, 0.3) is 5.91 Å². The standard InChI is InChI=1S/C15H18F2N2O3/c16-10-3-4-11(12(17)7-10)15(22)18-8-14(21)19-13(5-6-20)9-1-2-9/h3-4,7,9,13,20H,1-2,5-6,8H2,(H,18,22)(H,19,21). The second kappa shape index (κ2) is 7.31. The number of nitrogens with one attached hydrogen (secondary N) is 2. The highest BCUT2D eigenvalue weighted by atomic mass is 19.1. The summed E-state index contributed by atoms with van der Waals surface area (Å²) in [6.07, 6.45) is 2.49. The molecule has 22 heavy (non-hydrogen) atoms. The summed E-state index contributed by atoms with van der Waals surface area (Å²) in [6, 6.07) is 2.51. The first-order chi connectivity index (χ1) is 10.5. The Morgan fingerprint density at radius 1 is 1.32 bits per heavy atom. The van der Waals surface area contributed by atoms with Gasteiger partial charge in [0.15, 0.2) is 0 Å². The van der Waals surface area contributed by atoms with E-state index in [0.717, 1.165) is 25.0 Å². The van der Waals surface area contributed by atoms with E-state index in [-0.39, 0.29) is 24.8 Å². The van der Waals surface area contributed by atoms with Gasteiger partial charge in [0, 0.05) is 18.7 Å². The highest BCUT2D eigenvalue weighted by Crippen LogP contribution is 2.33. The molecular weight excluding hydrogens is 294 g/mol. The Morgan fingerprint density at radius 3 is 2.64 bits per heavy atom. The molecular formula is C15H18F2N2O3. The number of carbonyl (C=O) groups is 2. The van der Waals surface area contributed by atoms with Gasteiger partial charge in [0.1, 0.15) is 11.6 Å². The number of aliphatic hydroxyl groups excluding tert-OH is 1. The molecule has 1 fully saturated rings. The summed E-state index contributed by atoms with van der Waals surface area (Å²) in [7, 11) is 0. The summed E-state index contributed by atoms with van der Waals surface area (Å²) in [4.78, 5) is 23.5. The molecule has 0 aromatic heterocycles. The molecule has 1 aliphatic carbocycles. The van der Waals surface area contributed by atoms with E-state index in [2.05, 4.69) is 10.6 Å². The molecule has 5 nitrogen and oxygen atoms in total. The van der Waals surface area contributed by atoms with Crippen LogP contribution in [-0.4, -0.2) is 36.1 Å². The van der Waals surface area contributed by atoms with E-state index in [1.165, 1.54) is 0 Å². The Labute approximate surface area is 126 Å². The zero-order chi connectivity index (χ0) is 16.1. The molecule has 0 heterocycles. The zero-order valence-electron chi connectivity index (χ0n) is 11.9. The molecule has 1 aromatic rings. The summed E-state index contributed by atoms with van der Waals surface area (Å²) in [5.74, 6) is -2.56. The van der Waals surface area contributed by atoms with Crippen molar-refractivity contribution in [2.75, 3.05) is 13.2 Å². The molecule has 7 heteroatoms. The summed E-state index contributed by atoms with van der Waals surface area (Å²) in [5.41, 5.74) is -0.316. The average Bonchev–Trinajstić information content (AvgIpc) is 3.29. The molecule has 1 aromatic carbocycles. The third-order valence-electron chi connectivity index (χ3n) is 3.56. The number of hydrogen-bond acceptors (Lipinski definition) is 3. The minimum absolute atomic E-state index is 0.0192. The van der Waals surface area contributed by atoms with E-state index in [0.29, 0.717) is 18.4 Å². The minimum Gasteiger partial charge on any atom is -0.396 e. The lowest BCUT2D eigenvalue weighted by Gasteiger charge is -2.17. The van der Waals surface area contributed by atoms with E-state index in [9.17, 15) is 18.4 Å². The molecule has 0 spiro atoms. The van der Waals surface area contributed by atoms with Crippen LogP contribution in [0.3, 0.4) is 0 Å². The third-order valence-corrected chi connectivity index (χ3v) is 3.56. The van der Waals surface area contributed by atoms with Crippen molar-refractivity contribution in [3.8, 4) is 0 Å². The zero-order valence-corrected chi connectivity index (χ0v) is 11.9. The van der Waals surface area contributed by atoms with Crippen molar-refractivity contribution in [3.63, 3.8) is 0 Å². The Kier molecular flexibility index (Phi) is 5.43. The number of hydrogen-bond donors (Lipinski definition) is 3. The fraction of sp³-hybridized carbons (Fsp3) is 0.467. The van der Waals surface area contributed by atoms with Crippen LogP contribution < -0.4 is 10.6 Å². The van der Waals surface area contributed by atoms with Crippen LogP contribution >= 0.6 is 0 Å². The maximum absolute atomic E-state index is 13.4. The Morgan fingerprint density at radius 2 is 2.05 bits per heavy atom. The lowest BCUT2D eigenvalue weighted by Crippen LogP contribution is -2.43. The van der Waals surface area contributed by atoms with E-state index in [1.54, 1.807) is 0 Å². The van der Waals surface area contributed by atoms with Crippen LogP contribution in [0, 0.1) is 17.6 Å². The fourth-order valence-electron chi connectivity index (χ4n) is 2.25. The summed E-state index contributed by atoms with van der Waals surface area (Å²) < 4.78 is 26.2. The molecule has 2 rings (SSSR count). The monoisotopic (exact) mass is 312 g/mol. The van der Waals surface area contributed by atoms with Gasteiger partial charge in [-0.25, -0.2) is 8.78 Å². The molecule has 1 atom stereocenters. The van der Waals surface area contributed by atoms with Crippen LogP contribution in [0.1, 0.15) is 29.6 Å². The number of amides is 2. The van der Waals surface area contributed by atoms with Gasteiger partial charge in [-0.15, -0.1) is 0 Å². The summed E-state index contributed by atoms with van der Waals surface area (Å²) >= 11 is 0. The van der Waals surface area contributed by atoms with Crippen LogP contribution in [-0.2, 0) is 4.79 Å². The van der Waals surface area contributed by atoms with Gasteiger partial charge < -0.3 is 15.7 Å². The predicted molar refractivity (Wildman–Crippen MR) is 75.0 cm³/mol. The molecule has 0 radical (unpaired) electrons.